The Hall–Kier alpha value is -0.410. The molecule has 0 saturated carbocycles. The number of hydrogen-bond acceptors (Lipinski definition) is 2. The molecule has 3 nitrogen and oxygen atoms in total. The van der Waals surface area contributed by atoms with Crippen LogP contribution >= 0.6 is 0 Å². The zero-order valence-corrected chi connectivity index (χ0v) is 16.4. The zero-order chi connectivity index (χ0) is 17.3. The van der Waals surface area contributed by atoms with Crippen LogP contribution in [-0.4, -0.2) is 48.7 Å². The largest absolute Gasteiger partial charge is 0.390 e. The van der Waals surface area contributed by atoms with Gasteiger partial charge in [-0.2, -0.15) is 0 Å². The van der Waals surface area contributed by atoms with Crippen molar-refractivity contribution in [3.8, 4) is 0 Å². The lowest BCUT2D eigenvalue weighted by atomic mass is 10.0. The molecule has 0 aromatic rings. The Morgan fingerprint density at radius 2 is 1.25 bits per heavy atom. The summed E-state index contributed by atoms with van der Waals surface area (Å²) in [5.74, 6) is 0. The molecule has 142 valence electrons. The number of aliphatic hydroxyl groups is 1. The molecule has 0 bridgehead atoms. The smallest absolute Gasteiger partial charge is 0.185 e. The molecule has 0 aromatic heterocycles. The first-order valence-corrected chi connectivity index (χ1v) is 10.8. The highest BCUT2D eigenvalue weighted by Crippen LogP contribution is 2.15. The first-order chi connectivity index (χ1) is 11.8. The third-order valence-corrected chi connectivity index (χ3v) is 5.50. The maximum absolute atomic E-state index is 9.23. The van der Waals surface area contributed by atoms with E-state index >= 15 is 0 Å². The van der Waals surface area contributed by atoms with Crippen molar-refractivity contribution in [2.45, 2.75) is 96.8 Å². The third kappa shape index (κ3) is 10.5. The highest BCUT2D eigenvalue weighted by Gasteiger charge is 2.27. The van der Waals surface area contributed by atoms with E-state index in [1.165, 1.54) is 96.4 Å². The van der Waals surface area contributed by atoms with Crippen LogP contribution in [0.2, 0.25) is 0 Å². The fourth-order valence-corrected chi connectivity index (χ4v) is 3.82. The van der Waals surface area contributed by atoms with Crippen LogP contribution in [0.4, 0.5) is 0 Å². The quantitative estimate of drug-likeness (QED) is 0.282. The molecule has 0 radical (unpaired) electrons. The second-order valence-corrected chi connectivity index (χ2v) is 7.73. The topological polar surface area (TPSA) is 32.6 Å². The molecule has 1 rings (SSSR count). The van der Waals surface area contributed by atoms with Gasteiger partial charge in [0.25, 0.3) is 0 Å². The average molecular weight is 340 g/mol. The molecule has 1 heterocycles. The van der Waals surface area contributed by atoms with Crippen molar-refractivity contribution in [1.82, 2.24) is 0 Å². The number of hydrogen-bond donors (Lipinski definition) is 1. The molecule has 0 saturated heterocycles. The number of nitrogens with zero attached hydrogens (tertiary/aromatic N) is 2. The maximum Gasteiger partial charge on any atom is 0.185 e. The minimum Gasteiger partial charge on any atom is -0.390 e. The van der Waals surface area contributed by atoms with Crippen molar-refractivity contribution in [3.05, 3.63) is 0 Å². The molecule has 0 aromatic carbocycles. The van der Waals surface area contributed by atoms with Crippen LogP contribution in [0.5, 0.6) is 0 Å². The van der Waals surface area contributed by atoms with Crippen LogP contribution in [0.25, 0.3) is 0 Å². The Morgan fingerprint density at radius 3 is 1.67 bits per heavy atom. The lowest BCUT2D eigenvalue weighted by molar-refractivity contribution is -0.829. The van der Waals surface area contributed by atoms with Crippen LogP contribution in [-0.2, 0) is 0 Å². The molecule has 0 spiro atoms. The van der Waals surface area contributed by atoms with E-state index in [1.807, 2.05) is 0 Å². The van der Waals surface area contributed by atoms with E-state index in [4.69, 9.17) is 0 Å². The summed E-state index contributed by atoms with van der Waals surface area (Å²) >= 11 is 0. The molecule has 3 heteroatoms. The van der Waals surface area contributed by atoms with Gasteiger partial charge in [-0.05, 0) is 12.8 Å². The number of aliphatic imine (C=N–C) groups is 1. The SMILES string of the molecule is CCCCCCCCCCCCCCCC[N+]1(CCO)C=NCC1. The van der Waals surface area contributed by atoms with Crippen LogP contribution < -0.4 is 0 Å². The normalized spacial score (nSPS) is 20.1. The van der Waals surface area contributed by atoms with Gasteiger partial charge in [0.2, 0.25) is 0 Å². The molecule has 1 aliphatic heterocycles. The Balaban J connectivity index is 1.81. The first-order valence-electron chi connectivity index (χ1n) is 10.8. The first kappa shape index (κ1) is 21.6. The summed E-state index contributed by atoms with van der Waals surface area (Å²) in [6.45, 7) is 6.63. The summed E-state index contributed by atoms with van der Waals surface area (Å²) in [6.07, 6.45) is 21.8. The Kier molecular flexibility index (Phi) is 13.4. The minimum absolute atomic E-state index is 0.282. The fraction of sp³-hybridized carbons (Fsp3) is 0.952. The maximum atomic E-state index is 9.23. The predicted molar refractivity (Wildman–Crippen MR) is 106 cm³/mol. The number of unbranched alkanes of at least 4 members (excludes halogenated alkanes) is 13. The molecule has 1 aliphatic rings. The highest BCUT2D eigenvalue weighted by atomic mass is 16.3. The summed E-state index contributed by atoms with van der Waals surface area (Å²) in [6, 6.07) is 0. The van der Waals surface area contributed by atoms with E-state index in [0.29, 0.717) is 0 Å². The molecular formula is C21H43N2O+. The van der Waals surface area contributed by atoms with Gasteiger partial charge in [-0.25, -0.2) is 4.99 Å². The molecule has 24 heavy (non-hydrogen) atoms. The Bertz CT molecular complexity index is 306. The summed E-state index contributed by atoms with van der Waals surface area (Å²) < 4.78 is 0.925. The second-order valence-electron chi connectivity index (χ2n) is 7.73. The Morgan fingerprint density at radius 1 is 0.750 bits per heavy atom. The van der Waals surface area contributed by atoms with Gasteiger partial charge < -0.3 is 5.11 Å². The fourth-order valence-electron chi connectivity index (χ4n) is 3.82. The van der Waals surface area contributed by atoms with Crippen molar-refractivity contribution < 1.29 is 9.59 Å². The molecule has 0 fully saturated rings. The van der Waals surface area contributed by atoms with Crippen LogP contribution in [0.3, 0.4) is 0 Å². The average Bonchev–Trinajstić information content (AvgIpc) is 3.04. The summed E-state index contributed by atoms with van der Waals surface area (Å²) in [4.78, 5) is 4.38. The van der Waals surface area contributed by atoms with Gasteiger partial charge >= 0.3 is 0 Å². The van der Waals surface area contributed by atoms with Gasteiger partial charge in [-0.1, -0.05) is 84.0 Å². The standard InChI is InChI=1S/C21H43N2O/c1-2-3-4-5-6-7-8-9-10-11-12-13-14-15-17-23(19-20-24)18-16-22-21-23/h21,24H,2-20H2,1H3/q+1. The van der Waals surface area contributed by atoms with Gasteiger partial charge in [-0.3, -0.25) is 4.48 Å². The van der Waals surface area contributed by atoms with Crippen molar-refractivity contribution >= 4 is 6.34 Å². The van der Waals surface area contributed by atoms with E-state index in [-0.39, 0.29) is 6.61 Å². The molecule has 0 aliphatic carbocycles. The van der Waals surface area contributed by atoms with Gasteiger partial charge in [0.15, 0.2) is 6.34 Å². The zero-order valence-electron chi connectivity index (χ0n) is 16.4. The van der Waals surface area contributed by atoms with Crippen molar-refractivity contribution in [3.63, 3.8) is 0 Å². The minimum atomic E-state index is 0.282. The third-order valence-electron chi connectivity index (χ3n) is 5.50. The van der Waals surface area contributed by atoms with Crippen LogP contribution in [0.1, 0.15) is 96.8 Å². The lowest BCUT2D eigenvalue weighted by Crippen LogP contribution is -2.48. The monoisotopic (exact) mass is 339 g/mol. The number of aliphatic hydroxyl groups excluding tert-OH is 1. The summed E-state index contributed by atoms with van der Waals surface area (Å²) in [5, 5.41) is 9.23. The van der Waals surface area contributed by atoms with Gasteiger partial charge in [0.05, 0.1) is 19.7 Å². The van der Waals surface area contributed by atoms with Gasteiger partial charge in [0.1, 0.15) is 13.1 Å². The summed E-state index contributed by atoms with van der Waals surface area (Å²) in [7, 11) is 0. The number of quaternary nitrogens is 1. The summed E-state index contributed by atoms with van der Waals surface area (Å²) in [5.41, 5.74) is 0. The predicted octanol–water partition coefficient (Wildman–Crippen LogP) is 5.32. The van der Waals surface area contributed by atoms with E-state index in [0.717, 1.165) is 24.1 Å². The van der Waals surface area contributed by atoms with Crippen molar-refractivity contribution in [1.29, 1.82) is 0 Å². The van der Waals surface area contributed by atoms with Crippen molar-refractivity contribution in [2.75, 3.05) is 32.8 Å². The van der Waals surface area contributed by atoms with Gasteiger partial charge in [0, 0.05) is 0 Å². The van der Waals surface area contributed by atoms with Crippen LogP contribution in [0.15, 0.2) is 4.99 Å². The molecule has 1 unspecified atom stereocenters. The molecule has 1 N–H and O–H groups in total. The molecule has 1 atom stereocenters. The van der Waals surface area contributed by atoms with E-state index < -0.39 is 0 Å². The van der Waals surface area contributed by atoms with E-state index in [1.54, 1.807) is 0 Å². The van der Waals surface area contributed by atoms with Gasteiger partial charge in [-0.15, -0.1) is 0 Å². The molecule has 0 amide bonds. The van der Waals surface area contributed by atoms with Crippen molar-refractivity contribution in [2.24, 2.45) is 4.99 Å². The molecular weight excluding hydrogens is 296 g/mol. The van der Waals surface area contributed by atoms with Crippen LogP contribution in [0, 0.1) is 0 Å². The second kappa shape index (κ2) is 14.9. The Labute approximate surface area is 151 Å². The van der Waals surface area contributed by atoms with E-state index in [9.17, 15) is 5.11 Å². The highest BCUT2D eigenvalue weighted by molar-refractivity contribution is 5.48. The van der Waals surface area contributed by atoms with E-state index in [2.05, 4.69) is 18.3 Å². The lowest BCUT2D eigenvalue weighted by Gasteiger charge is -2.29. The number of rotatable bonds is 17.